The molecule has 0 bridgehead atoms. The van der Waals surface area contributed by atoms with Crippen molar-refractivity contribution in [3.8, 4) is 0 Å². The van der Waals surface area contributed by atoms with Crippen LogP contribution in [0.1, 0.15) is 18.1 Å². The Bertz CT molecular complexity index is 397. The number of benzene rings is 1. The van der Waals surface area contributed by atoms with Gasteiger partial charge in [-0.15, -0.1) is 6.58 Å². The van der Waals surface area contributed by atoms with Gasteiger partial charge < -0.3 is 24.7 Å². The zero-order valence-electron chi connectivity index (χ0n) is 12.1. The normalized spacial score (nSPS) is 13.4. The third-order valence-corrected chi connectivity index (χ3v) is 5.81. The fraction of sp³-hybridized carbons (Fsp3) is 0.429. The van der Waals surface area contributed by atoms with Gasteiger partial charge in [0.2, 0.25) is 0 Å². The highest BCUT2D eigenvalue weighted by Gasteiger charge is 2.41. The van der Waals surface area contributed by atoms with E-state index in [1.165, 1.54) is 0 Å². The lowest BCUT2D eigenvalue weighted by Gasteiger charge is -2.30. The predicted octanol–water partition coefficient (Wildman–Crippen LogP) is 1.80. The van der Waals surface area contributed by atoms with Gasteiger partial charge in [-0.3, -0.25) is 0 Å². The molecule has 1 rings (SSSR count). The van der Waals surface area contributed by atoms with Gasteiger partial charge in [0.1, 0.15) is 0 Å². The molecule has 5 nitrogen and oxygen atoms in total. The van der Waals surface area contributed by atoms with Crippen molar-refractivity contribution >= 4 is 8.80 Å². The summed E-state index contributed by atoms with van der Waals surface area (Å²) in [4.78, 5) is 0. The molecule has 112 valence electrons. The first-order valence-electron chi connectivity index (χ1n) is 6.53. The quantitative estimate of drug-likeness (QED) is 0.412. The Morgan fingerprint density at radius 3 is 2.25 bits per heavy atom. The molecule has 0 heterocycles. The molecule has 0 saturated carbocycles. The molecule has 0 aliphatic rings. The fourth-order valence-corrected chi connectivity index (χ4v) is 4.07. The molecule has 0 aliphatic heterocycles. The standard InChI is InChI=1S/C14H24N2O3Si/c1-4-13(12-8-6-5-7-9-12)19-20(17-2,18-3)11-10-14(15)16/h4-9,13-14H,1,10-11,15-16H2,2-3H3. The lowest BCUT2D eigenvalue weighted by atomic mass is 10.1. The Hall–Kier alpha value is -1.02. The van der Waals surface area contributed by atoms with E-state index >= 15 is 0 Å². The molecule has 0 saturated heterocycles. The second-order valence-corrected chi connectivity index (χ2v) is 7.40. The van der Waals surface area contributed by atoms with Crippen LogP contribution in [0.3, 0.4) is 0 Å². The van der Waals surface area contributed by atoms with Crippen LogP contribution in [-0.2, 0) is 13.3 Å². The second kappa shape index (κ2) is 8.31. The summed E-state index contributed by atoms with van der Waals surface area (Å²) >= 11 is 0. The van der Waals surface area contributed by atoms with Crippen LogP contribution in [0.15, 0.2) is 43.0 Å². The van der Waals surface area contributed by atoms with Crippen molar-refractivity contribution in [2.24, 2.45) is 11.5 Å². The lowest BCUT2D eigenvalue weighted by Crippen LogP contribution is -2.46. The summed E-state index contributed by atoms with van der Waals surface area (Å²) in [5.41, 5.74) is 12.2. The molecule has 20 heavy (non-hydrogen) atoms. The largest absolute Gasteiger partial charge is 0.501 e. The summed E-state index contributed by atoms with van der Waals surface area (Å²) < 4.78 is 17.1. The van der Waals surface area contributed by atoms with E-state index in [1.54, 1.807) is 20.3 Å². The fourth-order valence-electron chi connectivity index (χ4n) is 1.87. The third-order valence-electron chi connectivity index (χ3n) is 3.05. The van der Waals surface area contributed by atoms with Crippen molar-refractivity contribution in [1.82, 2.24) is 0 Å². The van der Waals surface area contributed by atoms with Crippen molar-refractivity contribution in [3.05, 3.63) is 48.6 Å². The molecule has 1 atom stereocenters. The van der Waals surface area contributed by atoms with Gasteiger partial charge in [0.25, 0.3) is 0 Å². The number of rotatable bonds is 9. The summed E-state index contributed by atoms with van der Waals surface area (Å²) in [6, 6.07) is 10.4. The molecular formula is C14H24N2O3Si. The van der Waals surface area contributed by atoms with Crippen LogP contribution in [0, 0.1) is 0 Å². The van der Waals surface area contributed by atoms with E-state index in [2.05, 4.69) is 6.58 Å². The Kier molecular flexibility index (Phi) is 7.07. The molecule has 1 unspecified atom stereocenters. The summed E-state index contributed by atoms with van der Waals surface area (Å²) in [6.45, 7) is 3.82. The molecule has 1 aromatic carbocycles. The van der Waals surface area contributed by atoms with Gasteiger partial charge in [-0.25, -0.2) is 0 Å². The van der Waals surface area contributed by atoms with Crippen LogP contribution in [0.25, 0.3) is 0 Å². The monoisotopic (exact) mass is 296 g/mol. The second-order valence-electron chi connectivity index (χ2n) is 4.48. The van der Waals surface area contributed by atoms with E-state index in [9.17, 15) is 0 Å². The smallest absolute Gasteiger partial charge is 0.377 e. The first kappa shape index (κ1) is 17.0. The van der Waals surface area contributed by atoms with Crippen LogP contribution in [0.2, 0.25) is 6.04 Å². The molecule has 4 N–H and O–H groups in total. The van der Waals surface area contributed by atoms with Crippen LogP contribution >= 0.6 is 0 Å². The topological polar surface area (TPSA) is 79.7 Å². The minimum absolute atomic E-state index is 0.281. The molecule has 0 aliphatic carbocycles. The highest BCUT2D eigenvalue weighted by atomic mass is 28.4. The maximum atomic E-state index is 6.09. The first-order valence-corrected chi connectivity index (χ1v) is 8.47. The summed E-state index contributed by atoms with van der Waals surface area (Å²) in [5, 5.41) is 0. The van der Waals surface area contributed by atoms with E-state index < -0.39 is 15.0 Å². The van der Waals surface area contributed by atoms with Crippen molar-refractivity contribution in [1.29, 1.82) is 0 Å². The number of hydrogen-bond donors (Lipinski definition) is 2. The Balaban J connectivity index is 2.84. The van der Waals surface area contributed by atoms with Gasteiger partial charge >= 0.3 is 8.80 Å². The molecule has 0 radical (unpaired) electrons. The third kappa shape index (κ3) is 4.82. The minimum atomic E-state index is -2.80. The van der Waals surface area contributed by atoms with Crippen molar-refractivity contribution in [2.45, 2.75) is 24.7 Å². The van der Waals surface area contributed by atoms with Crippen LogP contribution < -0.4 is 11.5 Å². The van der Waals surface area contributed by atoms with Gasteiger partial charge in [0.05, 0.1) is 12.3 Å². The van der Waals surface area contributed by atoms with E-state index in [0.29, 0.717) is 12.5 Å². The van der Waals surface area contributed by atoms with E-state index in [0.717, 1.165) is 5.56 Å². The van der Waals surface area contributed by atoms with Gasteiger partial charge in [0, 0.05) is 20.3 Å². The van der Waals surface area contributed by atoms with Crippen molar-refractivity contribution in [2.75, 3.05) is 14.2 Å². The van der Waals surface area contributed by atoms with E-state index in [-0.39, 0.29) is 6.10 Å². The van der Waals surface area contributed by atoms with Crippen LogP contribution in [0.5, 0.6) is 0 Å². The van der Waals surface area contributed by atoms with Gasteiger partial charge in [0.15, 0.2) is 0 Å². The van der Waals surface area contributed by atoms with Crippen molar-refractivity contribution in [3.63, 3.8) is 0 Å². The van der Waals surface area contributed by atoms with Gasteiger partial charge in [-0.1, -0.05) is 36.4 Å². The summed E-state index contributed by atoms with van der Waals surface area (Å²) in [7, 11) is 0.368. The molecule has 6 heteroatoms. The Morgan fingerprint density at radius 2 is 1.80 bits per heavy atom. The molecule has 1 aromatic rings. The van der Waals surface area contributed by atoms with Gasteiger partial charge in [-0.2, -0.15) is 0 Å². The number of hydrogen-bond acceptors (Lipinski definition) is 5. The maximum Gasteiger partial charge on any atom is 0.501 e. The van der Waals surface area contributed by atoms with E-state index in [4.69, 9.17) is 24.7 Å². The first-order chi connectivity index (χ1) is 9.56. The Morgan fingerprint density at radius 1 is 1.20 bits per heavy atom. The molecular weight excluding hydrogens is 272 g/mol. The average molecular weight is 296 g/mol. The summed E-state index contributed by atoms with van der Waals surface area (Å²) in [6.07, 6.45) is 1.62. The van der Waals surface area contributed by atoms with Gasteiger partial charge in [-0.05, 0) is 12.0 Å². The van der Waals surface area contributed by atoms with Crippen LogP contribution in [0.4, 0.5) is 0 Å². The highest BCUT2D eigenvalue weighted by Crippen LogP contribution is 2.27. The maximum absolute atomic E-state index is 6.09. The average Bonchev–Trinajstić information content (AvgIpc) is 2.49. The zero-order chi connectivity index (χ0) is 15.0. The van der Waals surface area contributed by atoms with E-state index in [1.807, 2.05) is 30.3 Å². The van der Waals surface area contributed by atoms with Crippen LogP contribution in [-0.4, -0.2) is 29.2 Å². The highest BCUT2D eigenvalue weighted by molar-refractivity contribution is 6.60. The molecule has 0 fully saturated rings. The lowest BCUT2D eigenvalue weighted by molar-refractivity contribution is 0.0725. The summed E-state index contributed by atoms with van der Waals surface area (Å²) in [5.74, 6) is 0. The zero-order valence-corrected chi connectivity index (χ0v) is 13.1. The molecule has 0 aromatic heterocycles. The predicted molar refractivity (Wildman–Crippen MR) is 81.8 cm³/mol. The molecule has 0 amide bonds. The Labute approximate surface area is 121 Å². The number of nitrogens with two attached hydrogens (primary N) is 2. The van der Waals surface area contributed by atoms with Crippen molar-refractivity contribution < 1.29 is 13.3 Å². The molecule has 0 spiro atoms. The minimum Gasteiger partial charge on any atom is -0.377 e. The SMILES string of the molecule is C=CC(O[Si](CCC(N)N)(OC)OC)c1ccccc1.